The minimum absolute atomic E-state index is 0.101. The number of benzene rings is 3. The highest BCUT2D eigenvalue weighted by molar-refractivity contribution is 7.89. The number of sulfonamides is 1. The highest BCUT2D eigenvalue weighted by atomic mass is 32.2. The average molecular weight is 413 g/mol. The van der Waals surface area contributed by atoms with E-state index in [-0.39, 0.29) is 11.4 Å². The van der Waals surface area contributed by atoms with E-state index in [0.29, 0.717) is 22.2 Å². The maximum Gasteiger partial charge on any atom is 0.241 e. The van der Waals surface area contributed by atoms with Crippen LogP contribution in [0.4, 0.5) is 5.69 Å². The number of ether oxygens (including phenoxy) is 1. The lowest BCUT2D eigenvalue weighted by Gasteiger charge is -2.14. The summed E-state index contributed by atoms with van der Waals surface area (Å²) in [6, 6.07) is 14.1. The molecule has 0 bridgehead atoms. The molecule has 7 heteroatoms. The molecule has 0 fully saturated rings. The highest BCUT2D eigenvalue weighted by Crippen LogP contribution is 2.30. The van der Waals surface area contributed by atoms with Crippen molar-refractivity contribution in [1.29, 1.82) is 0 Å². The van der Waals surface area contributed by atoms with Crippen molar-refractivity contribution in [2.75, 3.05) is 19.0 Å². The Morgan fingerprint density at radius 2 is 1.59 bits per heavy atom. The van der Waals surface area contributed by atoms with Crippen molar-refractivity contribution < 1.29 is 17.9 Å². The number of hydrogen-bond donors (Lipinski definition) is 2. The first-order valence-corrected chi connectivity index (χ1v) is 10.6. The molecule has 3 rings (SSSR count). The van der Waals surface area contributed by atoms with E-state index < -0.39 is 15.9 Å². The van der Waals surface area contributed by atoms with E-state index in [9.17, 15) is 13.2 Å². The zero-order valence-electron chi connectivity index (χ0n) is 16.9. The van der Waals surface area contributed by atoms with E-state index >= 15 is 0 Å². The third-order valence-corrected chi connectivity index (χ3v) is 6.18. The summed E-state index contributed by atoms with van der Waals surface area (Å²) in [5, 5.41) is 4.02. The topological polar surface area (TPSA) is 84.5 Å². The Labute approximate surface area is 170 Å². The summed E-state index contributed by atoms with van der Waals surface area (Å²) >= 11 is 0. The molecule has 0 saturated carbocycles. The van der Waals surface area contributed by atoms with Gasteiger partial charge in [-0.1, -0.05) is 42.0 Å². The van der Waals surface area contributed by atoms with Gasteiger partial charge in [-0.3, -0.25) is 4.79 Å². The lowest BCUT2D eigenvalue weighted by Crippen LogP contribution is -2.33. The summed E-state index contributed by atoms with van der Waals surface area (Å²) in [6.45, 7) is 5.43. The first kappa shape index (κ1) is 20.8. The molecule has 0 spiro atoms. The minimum atomic E-state index is -3.89. The van der Waals surface area contributed by atoms with E-state index in [1.807, 2.05) is 39.0 Å². The van der Waals surface area contributed by atoms with Gasteiger partial charge in [-0.05, 0) is 44.0 Å². The largest absolute Gasteiger partial charge is 0.496 e. The van der Waals surface area contributed by atoms with Gasteiger partial charge in [-0.25, -0.2) is 13.1 Å². The van der Waals surface area contributed by atoms with Crippen LogP contribution in [0.1, 0.15) is 16.7 Å². The molecule has 0 unspecified atom stereocenters. The van der Waals surface area contributed by atoms with Crippen LogP contribution < -0.4 is 14.8 Å². The monoisotopic (exact) mass is 412 g/mol. The predicted molar refractivity (Wildman–Crippen MR) is 115 cm³/mol. The number of anilines is 1. The molecule has 6 nitrogen and oxygen atoms in total. The Balaban J connectivity index is 1.81. The predicted octanol–water partition coefficient (Wildman–Crippen LogP) is 3.69. The summed E-state index contributed by atoms with van der Waals surface area (Å²) in [6.07, 6.45) is 0. The first-order chi connectivity index (χ1) is 13.7. The van der Waals surface area contributed by atoms with E-state index in [2.05, 4.69) is 10.0 Å². The Kier molecular flexibility index (Phi) is 5.91. The second-order valence-electron chi connectivity index (χ2n) is 6.96. The summed E-state index contributed by atoms with van der Waals surface area (Å²) < 4.78 is 33.4. The Morgan fingerprint density at radius 1 is 0.966 bits per heavy atom. The van der Waals surface area contributed by atoms with Gasteiger partial charge in [0.05, 0.1) is 18.6 Å². The molecule has 0 radical (unpaired) electrons. The number of carbonyl (C=O) groups excluding carboxylic acids is 1. The average Bonchev–Trinajstić information content (AvgIpc) is 2.68. The van der Waals surface area contributed by atoms with Crippen LogP contribution in [-0.2, 0) is 14.8 Å². The van der Waals surface area contributed by atoms with Crippen LogP contribution in [0.25, 0.3) is 10.8 Å². The van der Waals surface area contributed by atoms with Gasteiger partial charge in [0.25, 0.3) is 0 Å². The van der Waals surface area contributed by atoms with Crippen molar-refractivity contribution >= 4 is 32.4 Å². The molecule has 0 aliphatic heterocycles. The molecule has 0 aliphatic carbocycles. The Bertz CT molecular complexity index is 1160. The minimum Gasteiger partial charge on any atom is -0.496 e. The lowest BCUT2D eigenvalue weighted by molar-refractivity contribution is -0.115. The van der Waals surface area contributed by atoms with E-state index in [4.69, 9.17) is 4.74 Å². The van der Waals surface area contributed by atoms with E-state index in [1.54, 1.807) is 24.3 Å². The van der Waals surface area contributed by atoms with Crippen molar-refractivity contribution in [3.8, 4) is 5.75 Å². The van der Waals surface area contributed by atoms with Crippen LogP contribution in [0.2, 0.25) is 0 Å². The quantitative estimate of drug-likeness (QED) is 0.647. The van der Waals surface area contributed by atoms with Gasteiger partial charge in [0, 0.05) is 16.5 Å². The molecule has 0 aliphatic rings. The second-order valence-corrected chi connectivity index (χ2v) is 8.69. The molecule has 3 aromatic carbocycles. The molecule has 0 aromatic heterocycles. The smallest absolute Gasteiger partial charge is 0.241 e. The summed E-state index contributed by atoms with van der Waals surface area (Å²) in [7, 11) is -2.36. The molecular weight excluding hydrogens is 388 g/mol. The van der Waals surface area contributed by atoms with Gasteiger partial charge in [0.15, 0.2) is 0 Å². The van der Waals surface area contributed by atoms with Crippen molar-refractivity contribution in [2.45, 2.75) is 25.7 Å². The van der Waals surface area contributed by atoms with Gasteiger partial charge in [-0.15, -0.1) is 0 Å². The highest BCUT2D eigenvalue weighted by Gasteiger charge is 2.20. The number of methoxy groups -OCH3 is 1. The fourth-order valence-corrected chi connectivity index (χ4v) is 4.65. The van der Waals surface area contributed by atoms with Crippen molar-refractivity contribution in [3.63, 3.8) is 0 Å². The molecule has 0 heterocycles. The number of hydrogen-bond acceptors (Lipinski definition) is 4. The van der Waals surface area contributed by atoms with Gasteiger partial charge in [-0.2, -0.15) is 0 Å². The third-order valence-electron chi connectivity index (χ3n) is 4.72. The van der Waals surface area contributed by atoms with Gasteiger partial charge >= 0.3 is 0 Å². The zero-order chi connectivity index (χ0) is 21.2. The van der Waals surface area contributed by atoms with Crippen LogP contribution in [0.15, 0.2) is 53.4 Å². The standard InChI is InChI=1S/C22H24N2O4S/c1-14-11-15(2)22(16(3)12-14)24-21(25)13-23-29(26,27)20-10-9-19(28-4)17-7-5-6-8-18(17)20/h5-12,23H,13H2,1-4H3,(H,24,25). The third kappa shape index (κ3) is 4.41. The molecule has 1 amide bonds. The second kappa shape index (κ2) is 8.23. The molecule has 0 saturated heterocycles. The number of amides is 1. The van der Waals surface area contributed by atoms with E-state index in [1.165, 1.54) is 13.2 Å². The molecule has 3 aromatic rings. The number of aryl methyl sites for hydroxylation is 3. The molecule has 2 N–H and O–H groups in total. The summed E-state index contributed by atoms with van der Waals surface area (Å²) in [5.74, 6) is 0.157. The van der Waals surface area contributed by atoms with E-state index in [0.717, 1.165) is 16.7 Å². The van der Waals surface area contributed by atoms with Gasteiger partial charge in [0.2, 0.25) is 15.9 Å². The fourth-order valence-electron chi connectivity index (χ4n) is 3.46. The van der Waals surface area contributed by atoms with Crippen LogP contribution in [-0.4, -0.2) is 28.0 Å². The maximum absolute atomic E-state index is 12.8. The number of nitrogens with one attached hydrogen (secondary N) is 2. The van der Waals surface area contributed by atoms with Crippen LogP contribution in [0, 0.1) is 20.8 Å². The molecule has 152 valence electrons. The molecule has 0 atom stereocenters. The molecular formula is C22H24N2O4S. The van der Waals surface area contributed by atoms with Crippen LogP contribution in [0.5, 0.6) is 5.75 Å². The Morgan fingerprint density at radius 3 is 2.21 bits per heavy atom. The van der Waals surface area contributed by atoms with Gasteiger partial charge < -0.3 is 10.1 Å². The summed E-state index contributed by atoms with van der Waals surface area (Å²) in [5.41, 5.74) is 3.67. The number of carbonyl (C=O) groups is 1. The number of rotatable bonds is 6. The van der Waals surface area contributed by atoms with Crippen molar-refractivity contribution in [1.82, 2.24) is 4.72 Å². The zero-order valence-corrected chi connectivity index (χ0v) is 17.7. The lowest BCUT2D eigenvalue weighted by atomic mass is 10.1. The van der Waals surface area contributed by atoms with Crippen molar-refractivity contribution in [2.24, 2.45) is 0 Å². The SMILES string of the molecule is COc1ccc(S(=O)(=O)NCC(=O)Nc2c(C)cc(C)cc2C)c2ccccc12. The molecule has 29 heavy (non-hydrogen) atoms. The number of fused-ring (bicyclic) bond motifs is 1. The van der Waals surface area contributed by atoms with Crippen LogP contribution >= 0.6 is 0 Å². The van der Waals surface area contributed by atoms with Crippen molar-refractivity contribution in [3.05, 3.63) is 65.2 Å². The fraction of sp³-hybridized carbons (Fsp3) is 0.227. The van der Waals surface area contributed by atoms with Crippen LogP contribution in [0.3, 0.4) is 0 Å². The normalized spacial score (nSPS) is 11.4. The first-order valence-electron chi connectivity index (χ1n) is 9.16. The maximum atomic E-state index is 12.8. The van der Waals surface area contributed by atoms with Gasteiger partial charge in [0.1, 0.15) is 5.75 Å². The summed E-state index contributed by atoms with van der Waals surface area (Å²) in [4.78, 5) is 12.5. The Hall–Kier alpha value is -2.90.